The number of allylic oxidation sites excluding steroid dienone is 1. The van der Waals surface area contributed by atoms with Crippen LogP contribution in [0.2, 0.25) is 0 Å². The summed E-state index contributed by atoms with van der Waals surface area (Å²) >= 11 is 6.37. The second-order valence-corrected chi connectivity index (χ2v) is 5.61. The lowest BCUT2D eigenvalue weighted by Gasteiger charge is -2.25. The highest BCUT2D eigenvalue weighted by molar-refractivity contribution is 9.12. The van der Waals surface area contributed by atoms with Crippen LogP contribution in [-0.4, -0.2) is 31.6 Å². The van der Waals surface area contributed by atoms with E-state index in [4.69, 9.17) is 10.8 Å². The second-order valence-electron chi connectivity index (χ2n) is 3.35. The van der Waals surface area contributed by atoms with Gasteiger partial charge in [-0.2, -0.15) is 0 Å². The molecule has 2 unspecified atom stereocenters. The molecule has 4 N–H and O–H groups in total. The number of alkyl halides is 2. The first-order valence-electron chi connectivity index (χ1n) is 4.26. The van der Waals surface area contributed by atoms with E-state index in [0.717, 1.165) is 5.57 Å². The highest BCUT2D eigenvalue weighted by Gasteiger charge is 2.30. The number of aliphatic carboxylic acids is 1. The van der Waals surface area contributed by atoms with Gasteiger partial charge in [-0.3, -0.25) is 4.79 Å². The number of nitrogens with two attached hydrogens (primary N) is 1. The van der Waals surface area contributed by atoms with Gasteiger partial charge in [0.15, 0.2) is 4.51 Å². The quantitative estimate of drug-likeness (QED) is 0.672. The number of hydrogen-bond donors (Lipinski definition) is 3. The van der Waals surface area contributed by atoms with Crippen molar-refractivity contribution in [1.29, 1.82) is 0 Å². The molecule has 0 aromatic heterocycles. The Hall–Kier alpha value is -0.170. The van der Waals surface area contributed by atoms with E-state index in [0.29, 0.717) is 0 Å². The molecule has 0 fully saturated rings. The van der Waals surface area contributed by atoms with Crippen LogP contribution in [0.1, 0.15) is 6.42 Å². The number of rotatable bonds is 3. The molecule has 0 aromatic rings. The molecule has 6 heteroatoms. The zero-order chi connectivity index (χ0) is 11.6. The van der Waals surface area contributed by atoms with E-state index in [1.165, 1.54) is 0 Å². The molecular weight excluding hydrogens is 330 g/mol. The van der Waals surface area contributed by atoms with Crippen molar-refractivity contribution in [3.8, 4) is 0 Å². The number of carboxylic acids is 1. The normalized spacial score (nSPS) is 32.3. The van der Waals surface area contributed by atoms with Crippen molar-refractivity contribution in [1.82, 2.24) is 0 Å². The molecule has 0 aliphatic heterocycles. The molecule has 3 atom stereocenters. The Kier molecular flexibility index (Phi) is 4.11. The lowest BCUT2D eigenvalue weighted by atomic mass is 9.99. The van der Waals surface area contributed by atoms with Crippen LogP contribution in [0.15, 0.2) is 23.8 Å². The van der Waals surface area contributed by atoms with Crippen molar-refractivity contribution < 1.29 is 15.0 Å². The van der Waals surface area contributed by atoms with Crippen LogP contribution in [0.3, 0.4) is 0 Å². The standard InChI is InChI=1S/C9H11Br2NO3/c10-7-4-5(1-2-9(7,11)15)3-6(12)8(13)14/h1-2,4,6-7,15H,3,12H2,(H,13,14)/t6-,7?,9?/m0/s1. The number of halogens is 2. The fraction of sp³-hybridized carbons (Fsp3) is 0.444. The molecular formula is C9H11Br2NO3. The summed E-state index contributed by atoms with van der Waals surface area (Å²) in [6, 6.07) is -0.915. The average Bonchev–Trinajstić information content (AvgIpc) is 2.12. The third kappa shape index (κ3) is 3.41. The molecule has 0 aromatic carbocycles. The number of carbonyl (C=O) groups is 1. The zero-order valence-corrected chi connectivity index (χ0v) is 10.9. The van der Waals surface area contributed by atoms with Crippen LogP contribution in [-0.2, 0) is 4.79 Å². The Morgan fingerprint density at radius 1 is 1.73 bits per heavy atom. The summed E-state index contributed by atoms with van der Waals surface area (Å²) in [6.45, 7) is 0. The average molecular weight is 341 g/mol. The van der Waals surface area contributed by atoms with Gasteiger partial charge in [-0.15, -0.1) is 0 Å². The fourth-order valence-corrected chi connectivity index (χ4v) is 1.91. The summed E-state index contributed by atoms with van der Waals surface area (Å²) in [6.07, 6.45) is 5.19. The van der Waals surface area contributed by atoms with Crippen molar-refractivity contribution >= 4 is 37.8 Å². The number of aliphatic hydroxyl groups is 1. The first kappa shape index (κ1) is 12.9. The van der Waals surface area contributed by atoms with Gasteiger partial charge >= 0.3 is 5.97 Å². The molecule has 0 saturated heterocycles. The van der Waals surface area contributed by atoms with Gasteiger partial charge in [0, 0.05) is 0 Å². The van der Waals surface area contributed by atoms with Crippen molar-refractivity contribution in [2.45, 2.75) is 21.8 Å². The molecule has 15 heavy (non-hydrogen) atoms. The second kappa shape index (κ2) is 4.78. The van der Waals surface area contributed by atoms with E-state index in [1.54, 1.807) is 18.2 Å². The summed E-state index contributed by atoms with van der Waals surface area (Å²) < 4.78 is -1.12. The maximum atomic E-state index is 10.5. The largest absolute Gasteiger partial charge is 0.480 e. The Morgan fingerprint density at radius 2 is 2.33 bits per heavy atom. The van der Waals surface area contributed by atoms with Gasteiger partial charge in [0.2, 0.25) is 0 Å². The summed E-state index contributed by atoms with van der Waals surface area (Å²) in [5.41, 5.74) is 6.18. The highest BCUT2D eigenvalue weighted by atomic mass is 79.9. The van der Waals surface area contributed by atoms with Gasteiger partial charge in [0.25, 0.3) is 0 Å². The molecule has 1 aliphatic carbocycles. The van der Waals surface area contributed by atoms with Crippen LogP contribution >= 0.6 is 31.9 Å². The summed E-state index contributed by atoms with van der Waals surface area (Å²) in [7, 11) is 0. The Labute approximate surface area is 104 Å². The fourth-order valence-electron chi connectivity index (χ4n) is 1.15. The molecule has 1 aliphatic rings. The van der Waals surface area contributed by atoms with Crippen molar-refractivity contribution in [2.75, 3.05) is 0 Å². The van der Waals surface area contributed by atoms with E-state index >= 15 is 0 Å². The lowest BCUT2D eigenvalue weighted by molar-refractivity contribution is -0.138. The zero-order valence-electron chi connectivity index (χ0n) is 7.73. The molecule has 0 saturated carbocycles. The topological polar surface area (TPSA) is 83.5 Å². The maximum absolute atomic E-state index is 10.5. The van der Waals surface area contributed by atoms with Gasteiger partial charge in [0.05, 0.1) is 4.83 Å². The van der Waals surface area contributed by atoms with Crippen LogP contribution in [0.4, 0.5) is 0 Å². The van der Waals surface area contributed by atoms with E-state index in [9.17, 15) is 9.90 Å². The van der Waals surface area contributed by atoms with Gasteiger partial charge < -0.3 is 15.9 Å². The van der Waals surface area contributed by atoms with Crippen LogP contribution < -0.4 is 5.73 Å². The minimum Gasteiger partial charge on any atom is -0.480 e. The van der Waals surface area contributed by atoms with Crippen LogP contribution in [0.25, 0.3) is 0 Å². The van der Waals surface area contributed by atoms with Gasteiger partial charge in [0.1, 0.15) is 6.04 Å². The number of hydrogen-bond acceptors (Lipinski definition) is 3. The first-order valence-corrected chi connectivity index (χ1v) is 5.97. The monoisotopic (exact) mass is 339 g/mol. The molecule has 4 nitrogen and oxygen atoms in total. The Bertz CT molecular complexity index is 325. The highest BCUT2D eigenvalue weighted by Crippen LogP contribution is 2.33. The van der Waals surface area contributed by atoms with E-state index < -0.39 is 16.5 Å². The third-order valence-corrected chi connectivity index (χ3v) is 4.39. The molecule has 0 radical (unpaired) electrons. The molecule has 84 valence electrons. The van der Waals surface area contributed by atoms with Gasteiger partial charge in [-0.05, 0) is 34.0 Å². The smallest absolute Gasteiger partial charge is 0.320 e. The van der Waals surface area contributed by atoms with Gasteiger partial charge in [-0.1, -0.05) is 28.1 Å². The molecule has 0 spiro atoms. The first-order chi connectivity index (χ1) is 6.83. The number of carboxylic acid groups (broad SMARTS) is 1. The van der Waals surface area contributed by atoms with Gasteiger partial charge in [-0.25, -0.2) is 0 Å². The van der Waals surface area contributed by atoms with Crippen LogP contribution in [0, 0.1) is 0 Å². The van der Waals surface area contributed by atoms with E-state index in [1.807, 2.05) is 0 Å². The molecule has 1 rings (SSSR count). The van der Waals surface area contributed by atoms with Crippen LogP contribution in [0.5, 0.6) is 0 Å². The van der Waals surface area contributed by atoms with E-state index in [2.05, 4.69) is 31.9 Å². The predicted molar refractivity (Wildman–Crippen MR) is 64.0 cm³/mol. The summed E-state index contributed by atoms with van der Waals surface area (Å²) in [4.78, 5) is 10.2. The maximum Gasteiger partial charge on any atom is 0.320 e. The minimum absolute atomic E-state index is 0.247. The van der Waals surface area contributed by atoms with Crippen molar-refractivity contribution in [3.05, 3.63) is 23.8 Å². The molecule has 0 bridgehead atoms. The Morgan fingerprint density at radius 3 is 2.80 bits per heavy atom. The summed E-state index contributed by atoms with van der Waals surface area (Å²) in [5, 5.41) is 18.3. The third-order valence-electron chi connectivity index (χ3n) is 2.05. The van der Waals surface area contributed by atoms with Crippen molar-refractivity contribution in [3.63, 3.8) is 0 Å². The molecule has 0 heterocycles. The molecule has 0 amide bonds. The minimum atomic E-state index is -1.12. The summed E-state index contributed by atoms with van der Waals surface area (Å²) in [5.74, 6) is -1.03. The van der Waals surface area contributed by atoms with E-state index in [-0.39, 0.29) is 11.2 Å². The Balaban J connectivity index is 2.68. The van der Waals surface area contributed by atoms with Crippen molar-refractivity contribution in [2.24, 2.45) is 5.73 Å². The predicted octanol–water partition coefficient (Wildman–Crippen LogP) is 1.13. The lowest BCUT2D eigenvalue weighted by Crippen LogP contribution is -2.33. The SMILES string of the molecule is N[C@@H](CC1=CC(Br)C(O)(Br)C=C1)C(=O)O.